The van der Waals surface area contributed by atoms with Gasteiger partial charge in [-0.25, -0.2) is 8.42 Å². The SMILES string of the molecule is Cc1ccc(CN(C(C(=O)Nc2ccc(OCc3ccccc3)cc2)C(C)C)S(=O)(=O)c2ccccc2)cc1. The molecular formula is C32H34N2O4S. The van der Waals surface area contributed by atoms with E-state index >= 15 is 0 Å². The Labute approximate surface area is 231 Å². The first-order valence-corrected chi connectivity index (χ1v) is 14.4. The topological polar surface area (TPSA) is 75.7 Å². The van der Waals surface area contributed by atoms with Crippen LogP contribution in [0.5, 0.6) is 5.75 Å². The lowest BCUT2D eigenvalue weighted by atomic mass is 10.0. The largest absolute Gasteiger partial charge is 0.489 e. The molecule has 0 bridgehead atoms. The van der Waals surface area contributed by atoms with Crippen molar-refractivity contribution in [3.8, 4) is 5.75 Å². The Morgan fingerprint density at radius 1 is 0.795 bits per heavy atom. The number of sulfonamides is 1. The summed E-state index contributed by atoms with van der Waals surface area (Å²) in [4.78, 5) is 13.8. The lowest BCUT2D eigenvalue weighted by Crippen LogP contribution is -2.49. The van der Waals surface area contributed by atoms with Crippen LogP contribution in [0.1, 0.15) is 30.5 Å². The van der Waals surface area contributed by atoms with E-state index in [9.17, 15) is 13.2 Å². The van der Waals surface area contributed by atoms with Gasteiger partial charge in [0.2, 0.25) is 15.9 Å². The van der Waals surface area contributed by atoms with E-state index in [0.717, 1.165) is 16.7 Å². The van der Waals surface area contributed by atoms with E-state index in [2.05, 4.69) is 5.32 Å². The average Bonchev–Trinajstić information content (AvgIpc) is 2.94. The molecule has 0 radical (unpaired) electrons. The predicted octanol–water partition coefficient (Wildman–Crippen LogP) is 6.43. The van der Waals surface area contributed by atoms with Gasteiger partial charge in [-0.15, -0.1) is 0 Å². The van der Waals surface area contributed by atoms with Gasteiger partial charge in [-0.1, -0.05) is 92.2 Å². The summed E-state index contributed by atoms with van der Waals surface area (Å²) in [5, 5.41) is 2.92. The minimum atomic E-state index is -3.98. The zero-order valence-corrected chi connectivity index (χ0v) is 23.3. The molecule has 4 aromatic rings. The monoisotopic (exact) mass is 542 g/mol. The van der Waals surface area contributed by atoms with E-state index in [4.69, 9.17) is 4.74 Å². The van der Waals surface area contributed by atoms with Crippen LogP contribution in [-0.4, -0.2) is 24.7 Å². The van der Waals surface area contributed by atoms with E-state index < -0.39 is 22.0 Å². The summed E-state index contributed by atoms with van der Waals surface area (Å²) in [6.07, 6.45) is 0. The molecule has 1 unspecified atom stereocenters. The van der Waals surface area contributed by atoms with E-state index in [-0.39, 0.29) is 17.4 Å². The number of hydrogen-bond acceptors (Lipinski definition) is 4. The molecule has 0 spiro atoms. The van der Waals surface area contributed by atoms with Crippen LogP contribution in [0.25, 0.3) is 0 Å². The van der Waals surface area contributed by atoms with E-state index in [0.29, 0.717) is 18.0 Å². The molecule has 0 saturated heterocycles. The van der Waals surface area contributed by atoms with Crippen molar-refractivity contribution in [2.24, 2.45) is 5.92 Å². The van der Waals surface area contributed by atoms with Gasteiger partial charge in [-0.3, -0.25) is 4.79 Å². The summed E-state index contributed by atoms with van der Waals surface area (Å²) in [6, 6.07) is 31.9. The first-order valence-electron chi connectivity index (χ1n) is 12.9. The van der Waals surface area contributed by atoms with Gasteiger partial charge in [0.15, 0.2) is 0 Å². The molecule has 0 aliphatic carbocycles. The highest BCUT2D eigenvalue weighted by atomic mass is 32.2. The number of aryl methyl sites for hydroxylation is 1. The second kappa shape index (κ2) is 12.7. The van der Waals surface area contributed by atoms with Gasteiger partial charge in [0.05, 0.1) is 4.90 Å². The molecular weight excluding hydrogens is 508 g/mol. The third-order valence-electron chi connectivity index (χ3n) is 6.39. The summed E-state index contributed by atoms with van der Waals surface area (Å²) in [5.41, 5.74) is 3.50. The average molecular weight is 543 g/mol. The zero-order valence-electron chi connectivity index (χ0n) is 22.4. The van der Waals surface area contributed by atoms with Gasteiger partial charge in [-0.05, 0) is 60.4 Å². The van der Waals surface area contributed by atoms with E-state index in [1.54, 1.807) is 54.6 Å². The van der Waals surface area contributed by atoms with Gasteiger partial charge in [0, 0.05) is 12.2 Å². The number of hydrogen-bond donors (Lipinski definition) is 1. The van der Waals surface area contributed by atoms with Crippen LogP contribution in [0, 0.1) is 12.8 Å². The number of carbonyl (C=O) groups is 1. The van der Waals surface area contributed by atoms with E-state index in [1.807, 2.05) is 75.4 Å². The standard InChI is InChI=1S/C32H34N2O4S/c1-24(2)31(32(35)33-28-18-20-29(21-19-28)38-23-27-10-6-4-7-11-27)34(22-26-16-14-25(3)15-17-26)39(36,37)30-12-8-5-9-13-30/h4-21,24,31H,22-23H2,1-3H3,(H,33,35). The number of rotatable bonds is 11. The summed E-state index contributed by atoms with van der Waals surface area (Å²) < 4.78 is 34.9. The van der Waals surface area contributed by atoms with Gasteiger partial charge >= 0.3 is 0 Å². The summed E-state index contributed by atoms with van der Waals surface area (Å²) >= 11 is 0. The Morgan fingerprint density at radius 2 is 1.38 bits per heavy atom. The number of carbonyl (C=O) groups excluding carboxylic acids is 1. The number of amides is 1. The van der Waals surface area contributed by atoms with Crippen molar-refractivity contribution in [1.82, 2.24) is 4.31 Å². The Bertz CT molecular complexity index is 1450. The van der Waals surface area contributed by atoms with Crippen LogP contribution in [0.15, 0.2) is 114 Å². The van der Waals surface area contributed by atoms with Crippen molar-refractivity contribution in [2.45, 2.75) is 44.9 Å². The Morgan fingerprint density at radius 3 is 1.97 bits per heavy atom. The van der Waals surface area contributed by atoms with Crippen LogP contribution in [0.3, 0.4) is 0 Å². The highest BCUT2D eigenvalue weighted by molar-refractivity contribution is 7.89. The summed E-state index contributed by atoms with van der Waals surface area (Å²) in [6.45, 7) is 6.19. The highest BCUT2D eigenvalue weighted by Gasteiger charge is 2.38. The fourth-order valence-electron chi connectivity index (χ4n) is 4.29. The van der Waals surface area contributed by atoms with Crippen LogP contribution >= 0.6 is 0 Å². The van der Waals surface area contributed by atoms with Crippen LogP contribution in [-0.2, 0) is 28.0 Å². The van der Waals surface area contributed by atoms with Crippen molar-refractivity contribution in [2.75, 3.05) is 5.32 Å². The molecule has 0 fully saturated rings. The molecule has 7 heteroatoms. The smallest absolute Gasteiger partial charge is 0.244 e. The molecule has 0 aliphatic rings. The van der Waals surface area contributed by atoms with Crippen molar-refractivity contribution < 1.29 is 17.9 Å². The fraction of sp³-hybridized carbons (Fsp3) is 0.219. The zero-order chi connectivity index (χ0) is 27.8. The third kappa shape index (κ3) is 7.34. The lowest BCUT2D eigenvalue weighted by Gasteiger charge is -2.32. The van der Waals surface area contributed by atoms with Gasteiger partial charge in [0.25, 0.3) is 0 Å². The maximum Gasteiger partial charge on any atom is 0.244 e. The Hall–Kier alpha value is -3.94. The minimum Gasteiger partial charge on any atom is -0.489 e. The molecule has 0 aromatic heterocycles. The summed E-state index contributed by atoms with van der Waals surface area (Å²) in [7, 11) is -3.98. The van der Waals surface area contributed by atoms with Crippen molar-refractivity contribution in [3.05, 3.63) is 126 Å². The molecule has 6 nitrogen and oxygen atoms in total. The van der Waals surface area contributed by atoms with Crippen LogP contribution < -0.4 is 10.1 Å². The molecule has 0 aliphatic heterocycles. The minimum absolute atomic E-state index is 0.0695. The van der Waals surface area contributed by atoms with Crippen molar-refractivity contribution in [3.63, 3.8) is 0 Å². The van der Waals surface area contributed by atoms with Crippen LogP contribution in [0.4, 0.5) is 5.69 Å². The first kappa shape index (κ1) is 28.1. The normalized spacial score (nSPS) is 12.3. The second-order valence-corrected chi connectivity index (χ2v) is 11.7. The quantitative estimate of drug-likeness (QED) is 0.237. The van der Waals surface area contributed by atoms with E-state index in [1.165, 1.54) is 4.31 Å². The first-order chi connectivity index (χ1) is 18.7. The molecule has 1 amide bonds. The highest BCUT2D eigenvalue weighted by Crippen LogP contribution is 2.26. The molecule has 4 aromatic carbocycles. The number of nitrogens with zero attached hydrogens (tertiary/aromatic N) is 1. The molecule has 4 rings (SSSR count). The maximum absolute atomic E-state index is 13.9. The second-order valence-electron chi connectivity index (χ2n) is 9.83. The molecule has 1 atom stereocenters. The lowest BCUT2D eigenvalue weighted by molar-refractivity contribution is -0.121. The van der Waals surface area contributed by atoms with Crippen molar-refractivity contribution in [1.29, 1.82) is 0 Å². The molecule has 39 heavy (non-hydrogen) atoms. The predicted molar refractivity (Wildman–Crippen MR) is 155 cm³/mol. The number of anilines is 1. The van der Waals surface area contributed by atoms with Crippen LogP contribution in [0.2, 0.25) is 0 Å². The van der Waals surface area contributed by atoms with Crippen molar-refractivity contribution >= 4 is 21.6 Å². The third-order valence-corrected chi connectivity index (χ3v) is 8.23. The Kier molecular flexibility index (Phi) is 9.17. The molecule has 0 heterocycles. The number of benzene rings is 4. The number of ether oxygens (including phenoxy) is 1. The fourth-order valence-corrected chi connectivity index (χ4v) is 6.02. The molecule has 0 saturated carbocycles. The number of nitrogens with one attached hydrogen (secondary N) is 1. The molecule has 202 valence electrons. The van der Waals surface area contributed by atoms with Gasteiger partial charge < -0.3 is 10.1 Å². The maximum atomic E-state index is 13.9. The summed E-state index contributed by atoms with van der Waals surface area (Å²) in [5.74, 6) is -0.0121. The molecule has 1 N–H and O–H groups in total. The van der Waals surface area contributed by atoms with Gasteiger partial charge in [0.1, 0.15) is 18.4 Å². The Balaban J connectivity index is 1.56. The van der Waals surface area contributed by atoms with Gasteiger partial charge in [-0.2, -0.15) is 4.31 Å².